The van der Waals surface area contributed by atoms with E-state index in [4.69, 9.17) is 5.73 Å². The van der Waals surface area contributed by atoms with Crippen LogP contribution in [0.15, 0.2) is 11.5 Å². The number of nitrogen functional groups attached to an aromatic ring is 1. The van der Waals surface area contributed by atoms with E-state index in [1.54, 1.807) is 18.1 Å². The van der Waals surface area contributed by atoms with Gasteiger partial charge in [0, 0.05) is 5.75 Å². The molecule has 0 aliphatic carbocycles. The summed E-state index contributed by atoms with van der Waals surface area (Å²) in [6, 6.07) is 0. The van der Waals surface area contributed by atoms with Gasteiger partial charge in [-0.05, 0) is 6.42 Å². The maximum atomic E-state index is 5.77. The van der Waals surface area contributed by atoms with Crippen molar-refractivity contribution in [3.8, 4) is 0 Å². The summed E-state index contributed by atoms with van der Waals surface area (Å²) in [6.45, 7) is 6.16. The lowest BCUT2D eigenvalue weighted by Gasteiger charge is -2.00. The molecule has 0 aliphatic rings. The predicted molar refractivity (Wildman–Crippen MR) is 73.1 cm³/mol. The van der Waals surface area contributed by atoms with Crippen LogP contribution in [0.25, 0.3) is 11.2 Å². The molecule has 0 radical (unpaired) electrons. The Balaban J connectivity index is 0.000000686. The van der Waals surface area contributed by atoms with Gasteiger partial charge in [0.15, 0.2) is 16.6 Å². The number of nitrogens with two attached hydrogens (primary N) is 1. The number of hydrogen-bond donors (Lipinski definition) is 2. The first kappa shape index (κ1) is 13.8. The molecule has 2 heterocycles. The molecule has 6 heteroatoms. The quantitative estimate of drug-likeness (QED) is 0.497. The largest absolute Gasteiger partial charge is 0.382 e. The number of thioether (sulfide) groups is 1. The first-order chi connectivity index (χ1) is 8.31. The minimum absolute atomic E-state index is 0.469. The molecule has 0 spiro atoms. The third-order valence-electron chi connectivity index (χ3n) is 2.02. The number of anilines is 1. The van der Waals surface area contributed by atoms with Crippen molar-refractivity contribution in [2.45, 2.75) is 38.8 Å². The summed E-state index contributed by atoms with van der Waals surface area (Å²) >= 11 is 1.62. The van der Waals surface area contributed by atoms with E-state index in [2.05, 4.69) is 26.9 Å². The second-order valence-electron chi connectivity index (χ2n) is 3.19. The zero-order chi connectivity index (χ0) is 12.7. The summed E-state index contributed by atoms with van der Waals surface area (Å²) in [5.41, 5.74) is 7.13. The van der Waals surface area contributed by atoms with E-state index >= 15 is 0 Å². The van der Waals surface area contributed by atoms with E-state index in [0.29, 0.717) is 16.6 Å². The zero-order valence-corrected chi connectivity index (χ0v) is 11.3. The van der Waals surface area contributed by atoms with Crippen LogP contribution in [0.4, 0.5) is 5.82 Å². The Morgan fingerprint density at radius 3 is 2.82 bits per heavy atom. The second-order valence-corrected chi connectivity index (χ2v) is 4.26. The van der Waals surface area contributed by atoms with Crippen molar-refractivity contribution in [2.75, 3.05) is 11.5 Å². The summed E-state index contributed by atoms with van der Waals surface area (Å²) in [4.78, 5) is 15.5. The van der Waals surface area contributed by atoms with Crippen molar-refractivity contribution in [2.24, 2.45) is 0 Å². The van der Waals surface area contributed by atoms with Gasteiger partial charge in [-0.2, -0.15) is 0 Å². The molecule has 0 fully saturated rings. The number of hydrogen-bond acceptors (Lipinski definition) is 5. The Morgan fingerprint density at radius 1 is 1.35 bits per heavy atom. The number of fused-ring (bicyclic) bond motifs is 1. The third kappa shape index (κ3) is 3.59. The number of imidazole rings is 1. The van der Waals surface area contributed by atoms with E-state index in [1.165, 1.54) is 6.42 Å². The molecule has 0 aromatic carbocycles. The lowest BCUT2D eigenvalue weighted by atomic mass is 10.4. The van der Waals surface area contributed by atoms with Gasteiger partial charge in [0.2, 0.25) is 0 Å². The van der Waals surface area contributed by atoms with Crippen molar-refractivity contribution in [3.63, 3.8) is 0 Å². The highest BCUT2D eigenvalue weighted by Crippen LogP contribution is 2.20. The van der Waals surface area contributed by atoms with E-state index in [1.807, 2.05) is 13.8 Å². The fourth-order valence-electron chi connectivity index (χ4n) is 1.21. The summed E-state index contributed by atoms with van der Waals surface area (Å²) < 4.78 is 0. The zero-order valence-electron chi connectivity index (χ0n) is 10.5. The predicted octanol–water partition coefficient (Wildman–Crippen LogP) is 2.85. The van der Waals surface area contributed by atoms with E-state index in [-0.39, 0.29) is 0 Å². The molecule has 0 bridgehead atoms. The molecule has 94 valence electrons. The van der Waals surface area contributed by atoms with Crippen molar-refractivity contribution < 1.29 is 0 Å². The minimum Gasteiger partial charge on any atom is -0.382 e. The molecule has 0 saturated heterocycles. The molecule has 3 N–H and O–H groups in total. The Morgan fingerprint density at radius 2 is 2.12 bits per heavy atom. The summed E-state index contributed by atoms with van der Waals surface area (Å²) in [5.74, 6) is 1.49. The molecular weight excluding hydrogens is 234 g/mol. The van der Waals surface area contributed by atoms with Crippen molar-refractivity contribution in [1.29, 1.82) is 0 Å². The van der Waals surface area contributed by atoms with Gasteiger partial charge >= 0.3 is 0 Å². The number of unbranched alkanes of at least 4 members (excludes halogenated alkanes) is 1. The molecular formula is C11H19N5S. The summed E-state index contributed by atoms with van der Waals surface area (Å²) in [5, 5.41) is 0.709. The maximum Gasteiger partial charge on any atom is 0.191 e. The highest BCUT2D eigenvalue weighted by atomic mass is 32.2. The lowest BCUT2D eigenvalue weighted by Crippen LogP contribution is -1.97. The van der Waals surface area contributed by atoms with Gasteiger partial charge in [-0.25, -0.2) is 15.0 Å². The van der Waals surface area contributed by atoms with Crippen LogP contribution >= 0.6 is 11.8 Å². The summed E-state index contributed by atoms with van der Waals surface area (Å²) in [6.07, 6.45) is 3.91. The van der Waals surface area contributed by atoms with Crippen LogP contribution in [0, 0.1) is 0 Å². The SMILES string of the molecule is CC.CCCCSc1nc(N)c2[nH]cnc2n1. The van der Waals surface area contributed by atoms with Crippen molar-refractivity contribution >= 4 is 28.7 Å². The topological polar surface area (TPSA) is 80.5 Å². The Bertz CT molecular complexity index is 454. The van der Waals surface area contributed by atoms with Gasteiger partial charge < -0.3 is 10.7 Å². The molecule has 2 aromatic heterocycles. The average molecular weight is 253 g/mol. The Hall–Kier alpha value is -1.30. The molecule has 0 amide bonds. The van der Waals surface area contributed by atoms with Crippen LogP contribution in [0.3, 0.4) is 0 Å². The number of aromatic amines is 1. The standard InChI is InChI=1S/C9H13N5S.C2H6/c1-2-3-4-15-9-13-7(10)6-8(14-9)12-5-11-6;1-2/h5H,2-4H2,1H3,(H3,10,11,12,13,14);1-2H3. The summed E-state index contributed by atoms with van der Waals surface area (Å²) in [7, 11) is 0. The highest BCUT2D eigenvalue weighted by Gasteiger charge is 2.06. The second kappa shape index (κ2) is 7.11. The Labute approximate surface area is 106 Å². The first-order valence-corrected chi connectivity index (χ1v) is 6.89. The number of aromatic nitrogens is 4. The molecule has 17 heavy (non-hydrogen) atoms. The smallest absolute Gasteiger partial charge is 0.191 e. The first-order valence-electron chi connectivity index (χ1n) is 5.90. The van der Waals surface area contributed by atoms with Gasteiger partial charge in [-0.15, -0.1) is 0 Å². The molecule has 5 nitrogen and oxygen atoms in total. The third-order valence-corrected chi connectivity index (χ3v) is 2.96. The van der Waals surface area contributed by atoms with E-state index in [0.717, 1.165) is 17.7 Å². The Kier molecular flexibility index (Phi) is 5.76. The number of nitrogens with one attached hydrogen (secondary N) is 1. The highest BCUT2D eigenvalue weighted by molar-refractivity contribution is 7.99. The maximum absolute atomic E-state index is 5.77. The van der Waals surface area contributed by atoms with Crippen molar-refractivity contribution in [3.05, 3.63) is 6.33 Å². The molecule has 2 aromatic rings. The number of rotatable bonds is 4. The normalized spacial score (nSPS) is 10.1. The van der Waals surface area contributed by atoms with Gasteiger partial charge in [0.1, 0.15) is 5.52 Å². The van der Waals surface area contributed by atoms with E-state index in [9.17, 15) is 0 Å². The molecule has 0 atom stereocenters. The fraction of sp³-hybridized carbons (Fsp3) is 0.545. The van der Waals surface area contributed by atoms with Crippen LogP contribution in [0.5, 0.6) is 0 Å². The monoisotopic (exact) mass is 253 g/mol. The average Bonchev–Trinajstić information content (AvgIpc) is 2.81. The number of nitrogens with zero attached hydrogens (tertiary/aromatic N) is 3. The van der Waals surface area contributed by atoms with Crippen LogP contribution in [-0.2, 0) is 0 Å². The van der Waals surface area contributed by atoms with Gasteiger partial charge in [-0.1, -0.05) is 39.0 Å². The van der Waals surface area contributed by atoms with Crippen LogP contribution < -0.4 is 5.73 Å². The molecule has 0 saturated carbocycles. The van der Waals surface area contributed by atoms with Crippen molar-refractivity contribution in [1.82, 2.24) is 19.9 Å². The van der Waals surface area contributed by atoms with E-state index < -0.39 is 0 Å². The lowest BCUT2D eigenvalue weighted by molar-refractivity contribution is 0.890. The van der Waals surface area contributed by atoms with Gasteiger partial charge in [0.25, 0.3) is 0 Å². The molecule has 2 rings (SSSR count). The van der Waals surface area contributed by atoms with Crippen LogP contribution in [0.1, 0.15) is 33.6 Å². The van der Waals surface area contributed by atoms with Crippen LogP contribution in [-0.4, -0.2) is 25.7 Å². The molecule has 0 aliphatic heterocycles. The fourth-order valence-corrected chi connectivity index (χ4v) is 2.14. The van der Waals surface area contributed by atoms with Gasteiger partial charge in [0.05, 0.1) is 6.33 Å². The van der Waals surface area contributed by atoms with Crippen LogP contribution in [0.2, 0.25) is 0 Å². The van der Waals surface area contributed by atoms with Gasteiger partial charge in [-0.3, -0.25) is 0 Å². The number of H-pyrrole nitrogens is 1. The molecule has 0 unspecified atom stereocenters. The minimum atomic E-state index is 0.469.